The third-order valence-electron chi connectivity index (χ3n) is 3.85. The zero-order valence-electron chi connectivity index (χ0n) is 15.1. The van der Waals surface area contributed by atoms with Gasteiger partial charge in [-0.1, -0.05) is 11.6 Å². The number of carbonyl (C=O) groups is 2. The van der Waals surface area contributed by atoms with Crippen molar-refractivity contribution in [2.75, 3.05) is 18.5 Å². The Morgan fingerprint density at radius 3 is 2.52 bits per heavy atom. The Labute approximate surface area is 169 Å². The summed E-state index contributed by atoms with van der Waals surface area (Å²) in [6, 6.07) is 8.32. The molecule has 0 fully saturated rings. The Morgan fingerprint density at radius 1 is 1.10 bits per heavy atom. The van der Waals surface area contributed by atoms with E-state index >= 15 is 0 Å². The molecule has 3 rings (SSSR count). The van der Waals surface area contributed by atoms with Gasteiger partial charge < -0.3 is 24.3 Å². The van der Waals surface area contributed by atoms with Crippen molar-refractivity contribution in [1.29, 1.82) is 0 Å². The van der Waals surface area contributed by atoms with Crippen molar-refractivity contribution >= 4 is 29.2 Å². The highest BCUT2D eigenvalue weighted by Crippen LogP contribution is 2.31. The van der Waals surface area contributed by atoms with Crippen LogP contribution in [0.4, 0.5) is 14.5 Å². The van der Waals surface area contributed by atoms with Crippen molar-refractivity contribution < 1.29 is 37.3 Å². The zero-order valence-corrected chi connectivity index (χ0v) is 15.9. The summed E-state index contributed by atoms with van der Waals surface area (Å²) in [4.78, 5) is 24.6. The molecule has 2 aromatic carbocycles. The van der Waals surface area contributed by atoms with Crippen LogP contribution in [0.2, 0.25) is 5.02 Å². The summed E-state index contributed by atoms with van der Waals surface area (Å²) in [6.07, 6.45) is -1.13. The van der Waals surface area contributed by atoms with Gasteiger partial charge in [0.1, 0.15) is 19.0 Å². The molecule has 1 N–H and O–H groups in total. The predicted molar refractivity (Wildman–Crippen MR) is 99.0 cm³/mol. The van der Waals surface area contributed by atoms with E-state index in [4.69, 9.17) is 25.8 Å². The Balaban J connectivity index is 1.60. The van der Waals surface area contributed by atoms with Crippen LogP contribution in [0.25, 0.3) is 0 Å². The standard InChI is InChI=1S/C19H16ClF2NO6/c1-10(17(24)23-12-3-5-14(13(20)9-12)29-19(21)22)28-18(25)11-2-4-15-16(8-11)27-7-6-26-15/h2-5,8-10,19H,6-7H2,1H3,(H,23,24). The van der Waals surface area contributed by atoms with E-state index < -0.39 is 24.6 Å². The number of benzene rings is 2. The van der Waals surface area contributed by atoms with Crippen LogP contribution in [-0.4, -0.2) is 37.8 Å². The number of hydrogen-bond acceptors (Lipinski definition) is 6. The molecule has 0 saturated heterocycles. The fourth-order valence-corrected chi connectivity index (χ4v) is 2.69. The minimum absolute atomic E-state index is 0.107. The summed E-state index contributed by atoms with van der Waals surface area (Å²) in [5, 5.41) is 2.37. The molecule has 0 aliphatic carbocycles. The molecule has 0 radical (unpaired) electrons. The first-order valence-electron chi connectivity index (χ1n) is 8.49. The normalized spacial score (nSPS) is 13.6. The lowest BCUT2D eigenvalue weighted by Gasteiger charge is -2.19. The van der Waals surface area contributed by atoms with Crippen LogP contribution < -0.4 is 19.5 Å². The van der Waals surface area contributed by atoms with Gasteiger partial charge in [0.2, 0.25) is 0 Å². The molecular weight excluding hydrogens is 412 g/mol. The van der Waals surface area contributed by atoms with Gasteiger partial charge in [0, 0.05) is 5.69 Å². The number of ether oxygens (including phenoxy) is 4. The maximum absolute atomic E-state index is 12.3. The van der Waals surface area contributed by atoms with Gasteiger partial charge in [-0.05, 0) is 43.3 Å². The lowest BCUT2D eigenvalue weighted by molar-refractivity contribution is -0.123. The van der Waals surface area contributed by atoms with E-state index in [9.17, 15) is 18.4 Å². The van der Waals surface area contributed by atoms with Gasteiger partial charge in [-0.25, -0.2) is 4.79 Å². The number of halogens is 3. The first-order valence-corrected chi connectivity index (χ1v) is 8.87. The number of carbonyl (C=O) groups excluding carboxylic acids is 2. The Bertz CT molecular complexity index is 924. The molecule has 2 aromatic rings. The Morgan fingerprint density at radius 2 is 1.83 bits per heavy atom. The molecule has 1 unspecified atom stereocenters. The molecule has 0 bridgehead atoms. The van der Waals surface area contributed by atoms with Gasteiger partial charge in [-0.2, -0.15) is 8.78 Å². The highest BCUT2D eigenvalue weighted by atomic mass is 35.5. The molecule has 7 nitrogen and oxygen atoms in total. The van der Waals surface area contributed by atoms with Gasteiger partial charge in [0.05, 0.1) is 10.6 Å². The second-order valence-corrected chi connectivity index (χ2v) is 6.33. The molecule has 1 heterocycles. The summed E-state index contributed by atoms with van der Waals surface area (Å²) in [7, 11) is 0. The number of nitrogens with one attached hydrogen (secondary N) is 1. The number of anilines is 1. The Kier molecular flexibility index (Phi) is 6.38. The lowest BCUT2D eigenvalue weighted by Crippen LogP contribution is -2.30. The van der Waals surface area contributed by atoms with Crippen molar-refractivity contribution in [3.05, 3.63) is 47.0 Å². The van der Waals surface area contributed by atoms with Gasteiger partial charge in [0.15, 0.2) is 17.6 Å². The molecule has 1 aliphatic heterocycles. The van der Waals surface area contributed by atoms with E-state index in [2.05, 4.69) is 10.1 Å². The van der Waals surface area contributed by atoms with Crippen LogP contribution in [0.1, 0.15) is 17.3 Å². The Hall–Kier alpha value is -3.07. The van der Waals surface area contributed by atoms with E-state index in [0.29, 0.717) is 24.7 Å². The van der Waals surface area contributed by atoms with E-state index in [1.165, 1.54) is 37.3 Å². The van der Waals surface area contributed by atoms with Crippen LogP contribution in [0.3, 0.4) is 0 Å². The maximum Gasteiger partial charge on any atom is 0.387 e. The van der Waals surface area contributed by atoms with Crippen molar-refractivity contribution in [2.45, 2.75) is 19.6 Å². The van der Waals surface area contributed by atoms with Gasteiger partial charge in [0.25, 0.3) is 5.91 Å². The molecule has 0 saturated carbocycles. The minimum Gasteiger partial charge on any atom is -0.486 e. The monoisotopic (exact) mass is 427 g/mol. The molecule has 10 heteroatoms. The SMILES string of the molecule is CC(OC(=O)c1ccc2c(c1)OCCO2)C(=O)Nc1ccc(OC(F)F)c(Cl)c1. The first-order chi connectivity index (χ1) is 13.8. The van der Waals surface area contributed by atoms with Crippen molar-refractivity contribution in [1.82, 2.24) is 0 Å². The second-order valence-electron chi connectivity index (χ2n) is 5.92. The molecule has 1 aliphatic rings. The summed E-state index contributed by atoms with van der Waals surface area (Å²) in [6.45, 7) is -0.837. The third-order valence-corrected chi connectivity index (χ3v) is 4.14. The van der Waals surface area contributed by atoms with Crippen molar-refractivity contribution in [3.63, 3.8) is 0 Å². The quantitative estimate of drug-likeness (QED) is 0.704. The van der Waals surface area contributed by atoms with E-state index in [0.717, 1.165) is 0 Å². The second kappa shape index (κ2) is 8.95. The highest BCUT2D eigenvalue weighted by Gasteiger charge is 2.21. The maximum atomic E-state index is 12.3. The molecule has 0 spiro atoms. The summed E-state index contributed by atoms with van der Waals surface area (Å²) >= 11 is 5.84. The van der Waals surface area contributed by atoms with E-state index in [-0.39, 0.29) is 22.0 Å². The van der Waals surface area contributed by atoms with Gasteiger partial charge >= 0.3 is 12.6 Å². The average Bonchev–Trinajstić information content (AvgIpc) is 2.69. The smallest absolute Gasteiger partial charge is 0.387 e. The van der Waals surface area contributed by atoms with Gasteiger partial charge in [-0.3, -0.25) is 4.79 Å². The summed E-state index contributed by atoms with van der Waals surface area (Å²) < 4.78 is 44.7. The molecule has 1 atom stereocenters. The summed E-state index contributed by atoms with van der Waals surface area (Å²) in [5.74, 6) is -0.631. The number of hydrogen-bond donors (Lipinski definition) is 1. The van der Waals surface area contributed by atoms with Crippen molar-refractivity contribution in [2.24, 2.45) is 0 Å². The van der Waals surface area contributed by atoms with E-state index in [1.807, 2.05) is 0 Å². The number of amides is 1. The van der Waals surface area contributed by atoms with Crippen LogP contribution in [0.5, 0.6) is 17.2 Å². The molecule has 1 amide bonds. The fourth-order valence-electron chi connectivity index (χ4n) is 2.47. The van der Waals surface area contributed by atoms with Crippen molar-refractivity contribution in [3.8, 4) is 17.2 Å². The van der Waals surface area contributed by atoms with Crippen LogP contribution in [0, 0.1) is 0 Å². The fraction of sp³-hybridized carbons (Fsp3) is 0.263. The number of esters is 1. The summed E-state index contributed by atoms with van der Waals surface area (Å²) in [5.41, 5.74) is 0.425. The average molecular weight is 428 g/mol. The number of fused-ring (bicyclic) bond motifs is 1. The third kappa shape index (κ3) is 5.26. The predicted octanol–water partition coefficient (Wildman–Crippen LogP) is 3.90. The highest BCUT2D eigenvalue weighted by molar-refractivity contribution is 6.32. The molecular formula is C19H16ClF2NO6. The molecule has 0 aromatic heterocycles. The van der Waals surface area contributed by atoms with Gasteiger partial charge in [-0.15, -0.1) is 0 Å². The molecule has 154 valence electrons. The zero-order chi connectivity index (χ0) is 21.0. The first kappa shape index (κ1) is 20.7. The van der Waals surface area contributed by atoms with E-state index in [1.54, 1.807) is 6.07 Å². The number of alkyl halides is 2. The van der Waals surface area contributed by atoms with Crippen LogP contribution in [-0.2, 0) is 9.53 Å². The lowest BCUT2D eigenvalue weighted by atomic mass is 10.2. The largest absolute Gasteiger partial charge is 0.486 e. The number of rotatable bonds is 6. The topological polar surface area (TPSA) is 83.1 Å². The van der Waals surface area contributed by atoms with Crippen LogP contribution >= 0.6 is 11.6 Å². The molecule has 29 heavy (non-hydrogen) atoms. The minimum atomic E-state index is -3.02. The van der Waals surface area contributed by atoms with Crippen LogP contribution in [0.15, 0.2) is 36.4 Å².